The van der Waals surface area contributed by atoms with E-state index in [0.29, 0.717) is 5.69 Å². The molecule has 6 heteroatoms. The van der Waals surface area contributed by atoms with E-state index in [9.17, 15) is 13.2 Å². The van der Waals surface area contributed by atoms with Gasteiger partial charge in [-0.1, -0.05) is 42.0 Å². The van der Waals surface area contributed by atoms with Crippen molar-refractivity contribution in [1.82, 2.24) is 5.32 Å². The van der Waals surface area contributed by atoms with Crippen LogP contribution in [0.5, 0.6) is 0 Å². The van der Waals surface area contributed by atoms with Crippen molar-refractivity contribution in [3.63, 3.8) is 0 Å². The maximum atomic E-state index is 12.7. The van der Waals surface area contributed by atoms with Crippen molar-refractivity contribution in [2.24, 2.45) is 0 Å². The molecule has 0 heterocycles. The van der Waals surface area contributed by atoms with Crippen molar-refractivity contribution in [3.05, 3.63) is 65.2 Å². The molecule has 0 saturated heterocycles. The smallest absolute Gasteiger partial charge is 0.244 e. The molecular weight excluding hydrogens is 348 g/mol. The first-order valence-corrected chi connectivity index (χ1v) is 10.4. The van der Waals surface area contributed by atoms with Gasteiger partial charge in [0.1, 0.15) is 6.04 Å². The molecule has 0 radical (unpaired) electrons. The second-order valence-corrected chi connectivity index (χ2v) is 8.52. The first-order valence-electron chi connectivity index (χ1n) is 8.53. The van der Waals surface area contributed by atoms with Gasteiger partial charge in [0.15, 0.2) is 0 Å². The van der Waals surface area contributed by atoms with E-state index < -0.39 is 16.1 Å². The first kappa shape index (κ1) is 20.0. The molecule has 0 bridgehead atoms. The molecule has 1 amide bonds. The van der Waals surface area contributed by atoms with Crippen molar-refractivity contribution < 1.29 is 13.2 Å². The zero-order chi connectivity index (χ0) is 19.5. The van der Waals surface area contributed by atoms with E-state index in [1.165, 1.54) is 0 Å². The van der Waals surface area contributed by atoms with Crippen LogP contribution in [0.4, 0.5) is 5.69 Å². The number of aryl methyl sites for hydroxylation is 2. The second-order valence-electron chi connectivity index (χ2n) is 6.66. The summed E-state index contributed by atoms with van der Waals surface area (Å²) in [5.74, 6) is -0.341. The summed E-state index contributed by atoms with van der Waals surface area (Å²) >= 11 is 0. The summed E-state index contributed by atoms with van der Waals surface area (Å²) in [5.41, 5.74) is 3.73. The number of benzene rings is 2. The van der Waals surface area contributed by atoms with E-state index in [-0.39, 0.29) is 11.9 Å². The predicted octanol–water partition coefficient (Wildman–Crippen LogP) is 3.34. The van der Waals surface area contributed by atoms with Crippen LogP contribution in [0.15, 0.2) is 48.5 Å². The Labute approximate surface area is 156 Å². The minimum absolute atomic E-state index is 0.220. The fourth-order valence-electron chi connectivity index (χ4n) is 3.11. The van der Waals surface area contributed by atoms with Crippen LogP contribution in [0.2, 0.25) is 0 Å². The van der Waals surface area contributed by atoms with Crippen LogP contribution >= 0.6 is 0 Å². The Morgan fingerprint density at radius 3 is 2.19 bits per heavy atom. The highest BCUT2D eigenvalue weighted by Crippen LogP contribution is 2.22. The fourth-order valence-corrected chi connectivity index (χ4v) is 4.28. The van der Waals surface area contributed by atoms with Crippen molar-refractivity contribution in [3.8, 4) is 0 Å². The van der Waals surface area contributed by atoms with Crippen molar-refractivity contribution in [2.75, 3.05) is 10.6 Å². The van der Waals surface area contributed by atoms with Crippen molar-refractivity contribution in [2.45, 2.75) is 39.8 Å². The molecule has 0 saturated carbocycles. The number of para-hydroxylation sites is 1. The predicted molar refractivity (Wildman–Crippen MR) is 106 cm³/mol. The summed E-state index contributed by atoms with van der Waals surface area (Å²) in [4.78, 5) is 12.7. The van der Waals surface area contributed by atoms with Gasteiger partial charge in [-0.05, 0) is 51.0 Å². The normalized spacial score (nSPS) is 13.7. The Bertz CT molecular complexity index is 879. The highest BCUT2D eigenvalue weighted by Gasteiger charge is 2.29. The monoisotopic (exact) mass is 374 g/mol. The topological polar surface area (TPSA) is 66.5 Å². The summed E-state index contributed by atoms with van der Waals surface area (Å²) in [6.45, 7) is 7.51. The number of anilines is 1. The van der Waals surface area contributed by atoms with Crippen molar-refractivity contribution in [1.29, 1.82) is 0 Å². The highest BCUT2D eigenvalue weighted by atomic mass is 32.2. The summed E-state index contributed by atoms with van der Waals surface area (Å²) < 4.78 is 25.7. The standard InChI is InChI=1S/C20H26N2O3S/c1-14-11-12-19(15(2)13-14)16(3)21-20(23)17(4)22(26(5,24)25)18-9-7-6-8-10-18/h6-13,16-17H,1-5H3,(H,21,23)/t16-,17+/m0/s1. The van der Waals surface area contributed by atoms with Gasteiger partial charge in [0, 0.05) is 0 Å². The van der Waals surface area contributed by atoms with Crippen LogP contribution in [0, 0.1) is 13.8 Å². The maximum absolute atomic E-state index is 12.7. The quantitative estimate of drug-likeness (QED) is 0.843. The Balaban J connectivity index is 2.24. The van der Waals surface area contributed by atoms with Crippen LogP contribution in [0.25, 0.3) is 0 Å². The summed E-state index contributed by atoms with van der Waals surface area (Å²) in [6, 6.07) is 13.6. The number of nitrogens with one attached hydrogen (secondary N) is 1. The molecule has 0 fully saturated rings. The van der Waals surface area contributed by atoms with Crippen LogP contribution in [0.3, 0.4) is 0 Å². The molecule has 0 aliphatic carbocycles. The SMILES string of the molecule is Cc1ccc([C@H](C)NC(=O)[C@@H](C)N(c2ccccc2)S(C)(=O)=O)c(C)c1. The average Bonchev–Trinajstić information content (AvgIpc) is 2.54. The molecule has 0 aliphatic heterocycles. The van der Waals surface area contributed by atoms with E-state index in [0.717, 1.165) is 27.3 Å². The van der Waals surface area contributed by atoms with Gasteiger partial charge in [-0.3, -0.25) is 9.10 Å². The molecule has 0 aromatic heterocycles. The molecule has 2 rings (SSSR count). The Morgan fingerprint density at radius 2 is 1.65 bits per heavy atom. The number of sulfonamides is 1. The molecule has 1 N–H and O–H groups in total. The number of hydrogen-bond donors (Lipinski definition) is 1. The lowest BCUT2D eigenvalue weighted by atomic mass is 10.00. The Morgan fingerprint density at radius 1 is 1.04 bits per heavy atom. The van der Waals surface area contributed by atoms with E-state index in [1.54, 1.807) is 37.3 Å². The zero-order valence-electron chi connectivity index (χ0n) is 15.9. The molecule has 2 aromatic carbocycles. The van der Waals surface area contributed by atoms with Gasteiger partial charge in [-0.2, -0.15) is 0 Å². The van der Waals surface area contributed by atoms with Crippen LogP contribution in [0.1, 0.15) is 36.6 Å². The van der Waals surface area contributed by atoms with E-state index >= 15 is 0 Å². The third kappa shape index (κ3) is 4.64. The number of hydrogen-bond acceptors (Lipinski definition) is 3. The minimum atomic E-state index is -3.60. The molecule has 140 valence electrons. The molecule has 0 unspecified atom stereocenters. The number of carbonyl (C=O) groups excluding carboxylic acids is 1. The van der Waals surface area contributed by atoms with Gasteiger partial charge in [-0.15, -0.1) is 0 Å². The Hall–Kier alpha value is -2.34. The van der Waals surface area contributed by atoms with E-state index in [4.69, 9.17) is 0 Å². The number of nitrogens with zero attached hydrogens (tertiary/aromatic N) is 1. The van der Waals surface area contributed by atoms with Gasteiger partial charge in [0.25, 0.3) is 0 Å². The van der Waals surface area contributed by atoms with Gasteiger partial charge in [0.05, 0.1) is 18.0 Å². The summed E-state index contributed by atoms with van der Waals surface area (Å²) in [6.07, 6.45) is 1.11. The molecule has 0 spiro atoms. The van der Waals surface area contributed by atoms with Crippen LogP contribution in [-0.2, 0) is 14.8 Å². The molecule has 26 heavy (non-hydrogen) atoms. The van der Waals surface area contributed by atoms with E-state index in [2.05, 4.69) is 11.4 Å². The number of carbonyl (C=O) groups is 1. The lowest BCUT2D eigenvalue weighted by molar-refractivity contribution is -0.122. The Kier molecular flexibility index (Phi) is 6.08. The third-order valence-corrected chi connectivity index (χ3v) is 5.59. The lowest BCUT2D eigenvalue weighted by Crippen LogP contribution is -2.48. The largest absolute Gasteiger partial charge is 0.348 e. The molecule has 2 atom stereocenters. The fraction of sp³-hybridized carbons (Fsp3) is 0.350. The van der Waals surface area contributed by atoms with Crippen LogP contribution < -0.4 is 9.62 Å². The highest BCUT2D eigenvalue weighted by molar-refractivity contribution is 7.92. The third-order valence-electron chi connectivity index (χ3n) is 4.35. The molecular formula is C20H26N2O3S. The van der Waals surface area contributed by atoms with Crippen LogP contribution in [-0.4, -0.2) is 26.6 Å². The first-order chi connectivity index (χ1) is 12.1. The molecule has 2 aromatic rings. The van der Waals surface area contributed by atoms with Gasteiger partial charge >= 0.3 is 0 Å². The summed E-state index contributed by atoms with van der Waals surface area (Å²) in [7, 11) is -3.60. The van der Waals surface area contributed by atoms with Crippen molar-refractivity contribution >= 4 is 21.6 Å². The number of amides is 1. The zero-order valence-corrected chi connectivity index (χ0v) is 16.7. The molecule has 0 aliphatic rings. The second kappa shape index (κ2) is 7.91. The van der Waals surface area contributed by atoms with Gasteiger partial charge in [0.2, 0.25) is 15.9 Å². The van der Waals surface area contributed by atoms with E-state index in [1.807, 2.05) is 32.9 Å². The molecule has 5 nitrogen and oxygen atoms in total. The van der Waals surface area contributed by atoms with Gasteiger partial charge in [-0.25, -0.2) is 8.42 Å². The summed E-state index contributed by atoms with van der Waals surface area (Å²) in [5, 5.41) is 2.93. The average molecular weight is 375 g/mol. The minimum Gasteiger partial charge on any atom is -0.348 e. The maximum Gasteiger partial charge on any atom is 0.244 e. The lowest BCUT2D eigenvalue weighted by Gasteiger charge is -2.29. The number of rotatable bonds is 6. The van der Waals surface area contributed by atoms with Gasteiger partial charge < -0.3 is 5.32 Å².